The number of H-pyrrole nitrogens is 1. The van der Waals surface area contributed by atoms with E-state index < -0.39 is 15.6 Å². The molecule has 0 aliphatic heterocycles. The first kappa shape index (κ1) is 17.2. The molecular formula is C16H20N2O4S. The van der Waals surface area contributed by atoms with Crippen LogP contribution in [-0.4, -0.2) is 30.2 Å². The Kier molecular flexibility index (Phi) is 4.34. The quantitative estimate of drug-likeness (QED) is 0.865. The summed E-state index contributed by atoms with van der Waals surface area (Å²) in [6.07, 6.45) is 2.52. The van der Waals surface area contributed by atoms with Gasteiger partial charge in [-0.1, -0.05) is 0 Å². The van der Waals surface area contributed by atoms with E-state index in [1.807, 2.05) is 13.8 Å². The SMILES string of the molecule is Cc1c(C(=O)c2c[nH]n(C(C)C)c2=O)ccc(S(C)(=O)=O)c1C. The summed E-state index contributed by atoms with van der Waals surface area (Å²) in [6.45, 7) is 7.02. The fraction of sp³-hybridized carbons (Fsp3) is 0.375. The topological polar surface area (TPSA) is 89.0 Å². The van der Waals surface area contributed by atoms with E-state index >= 15 is 0 Å². The molecule has 0 radical (unpaired) electrons. The second-order valence-electron chi connectivity index (χ2n) is 5.92. The highest BCUT2D eigenvalue weighted by Crippen LogP contribution is 2.23. The smallest absolute Gasteiger partial charge is 0.277 e. The molecule has 124 valence electrons. The molecule has 0 aliphatic rings. The largest absolute Gasteiger partial charge is 0.302 e. The molecule has 1 aromatic carbocycles. The average molecular weight is 336 g/mol. The molecular weight excluding hydrogens is 316 g/mol. The molecule has 0 spiro atoms. The van der Waals surface area contributed by atoms with E-state index in [0.29, 0.717) is 16.7 Å². The molecule has 0 saturated heterocycles. The number of nitrogens with one attached hydrogen (secondary N) is 1. The van der Waals surface area contributed by atoms with Crippen LogP contribution < -0.4 is 5.56 Å². The standard InChI is InChI=1S/C16H20N2O4S/c1-9(2)18-16(20)13(8-17-18)15(19)12-6-7-14(23(5,21)22)11(4)10(12)3/h6-9,17H,1-5H3. The van der Waals surface area contributed by atoms with Crippen molar-refractivity contribution < 1.29 is 13.2 Å². The Labute approximate surface area is 135 Å². The first-order chi connectivity index (χ1) is 10.6. The number of carbonyl (C=O) groups excluding carboxylic acids is 1. The van der Waals surface area contributed by atoms with Gasteiger partial charge in [-0.25, -0.2) is 8.42 Å². The van der Waals surface area contributed by atoms with Crippen molar-refractivity contribution in [2.45, 2.75) is 38.6 Å². The lowest BCUT2D eigenvalue weighted by molar-refractivity contribution is 0.103. The Bertz CT molecular complexity index is 933. The highest BCUT2D eigenvalue weighted by atomic mass is 32.2. The monoisotopic (exact) mass is 336 g/mol. The Morgan fingerprint density at radius 1 is 1.13 bits per heavy atom. The lowest BCUT2D eigenvalue weighted by Crippen LogP contribution is -2.23. The molecule has 2 rings (SSSR count). The highest BCUT2D eigenvalue weighted by molar-refractivity contribution is 7.90. The summed E-state index contributed by atoms with van der Waals surface area (Å²) in [7, 11) is -3.36. The molecule has 7 heteroatoms. The fourth-order valence-electron chi connectivity index (χ4n) is 2.52. The minimum Gasteiger partial charge on any atom is -0.302 e. The van der Waals surface area contributed by atoms with Crippen LogP contribution in [0.3, 0.4) is 0 Å². The van der Waals surface area contributed by atoms with Crippen LogP contribution >= 0.6 is 0 Å². The minimum absolute atomic E-state index is 0.0494. The van der Waals surface area contributed by atoms with E-state index in [0.717, 1.165) is 6.26 Å². The van der Waals surface area contributed by atoms with Crippen LogP contribution in [0.5, 0.6) is 0 Å². The predicted octanol–water partition coefficient (Wildman–Crippen LogP) is 2.01. The molecule has 0 aliphatic carbocycles. The van der Waals surface area contributed by atoms with Crippen LogP contribution in [0.15, 0.2) is 28.0 Å². The number of rotatable bonds is 4. The van der Waals surface area contributed by atoms with Gasteiger partial charge in [-0.3, -0.25) is 14.3 Å². The van der Waals surface area contributed by atoms with E-state index in [9.17, 15) is 18.0 Å². The third-order valence-electron chi connectivity index (χ3n) is 3.94. The molecule has 0 fully saturated rings. The van der Waals surface area contributed by atoms with Crippen molar-refractivity contribution in [1.29, 1.82) is 0 Å². The van der Waals surface area contributed by atoms with Crippen molar-refractivity contribution in [3.63, 3.8) is 0 Å². The lowest BCUT2D eigenvalue weighted by Gasteiger charge is -2.11. The number of nitrogens with zero attached hydrogens (tertiary/aromatic N) is 1. The Hall–Kier alpha value is -2.15. The van der Waals surface area contributed by atoms with Crippen molar-refractivity contribution in [2.24, 2.45) is 0 Å². The molecule has 2 aromatic rings. The van der Waals surface area contributed by atoms with Crippen molar-refractivity contribution in [3.05, 3.63) is 50.9 Å². The second kappa shape index (κ2) is 5.81. The molecule has 0 bridgehead atoms. The number of carbonyl (C=O) groups is 1. The van der Waals surface area contributed by atoms with Crippen LogP contribution in [0, 0.1) is 13.8 Å². The van der Waals surface area contributed by atoms with Gasteiger partial charge in [0, 0.05) is 24.1 Å². The normalized spacial score (nSPS) is 11.9. The fourth-order valence-corrected chi connectivity index (χ4v) is 3.54. The highest BCUT2D eigenvalue weighted by Gasteiger charge is 2.22. The second-order valence-corrected chi connectivity index (χ2v) is 7.90. The molecule has 0 atom stereocenters. The minimum atomic E-state index is -3.36. The summed E-state index contributed by atoms with van der Waals surface area (Å²) in [4.78, 5) is 25.1. The number of ketones is 1. The zero-order valence-corrected chi connectivity index (χ0v) is 14.6. The lowest BCUT2D eigenvalue weighted by atomic mass is 9.97. The van der Waals surface area contributed by atoms with Crippen LogP contribution in [0.1, 0.15) is 46.9 Å². The van der Waals surface area contributed by atoms with Gasteiger partial charge in [-0.05, 0) is 51.0 Å². The van der Waals surface area contributed by atoms with Gasteiger partial charge in [0.15, 0.2) is 15.6 Å². The summed E-state index contributed by atoms with van der Waals surface area (Å²) >= 11 is 0. The van der Waals surface area contributed by atoms with Crippen LogP contribution in [0.25, 0.3) is 0 Å². The summed E-state index contributed by atoms with van der Waals surface area (Å²) in [6, 6.07) is 2.80. The zero-order valence-electron chi connectivity index (χ0n) is 13.8. The Morgan fingerprint density at radius 3 is 2.22 bits per heavy atom. The van der Waals surface area contributed by atoms with Gasteiger partial charge in [0.1, 0.15) is 5.56 Å². The number of sulfone groups is 1. The maximum atomic E-state index is 12.7. The number of aromatic nitrogens is 2. The third kappa shape index (κ3) is 3.01. The average Bonchev–Trinajstić information content (AvgIpc) is 2.81. The molecule has 1 heterocycles. The van der Waals surface area contributed by atoms with E-state index in [1.54, 1.807) is 13.8 Å². The maximum absolute atomic E-state index is 12.7. The molecule has 1 N–H and O–H groups in total. The van der Waals surface area contributed by atoms with Gasteiger partial charge in [-0.2, -0.15) is 0 Å². The summed E-state index contributed by atoms with van der Waals surface area (Å²) < 4.78 is 24.9. The number of aromatic amines is 1. The Balaban J connectivity index is 2.58. The van der Waals surface area contributed by atoms with Crippen molar-refractivity contribution in [2.75, 3.05) is 6.26 Å². The molecule has 6 nitrogen and oxygen atoms in total. The number of hydrogen-bond donors (Lipinski definition) is 1. The van der Waals surface area contributed by atoms with Crippen LogP contribution in [-0.2, 0) is 9.84 Å². The van der Waals surface area contributed by atoms with Crippen molar-refractivity contribution in [3.8, 4) is 0 Å². The number of benzene rings is 1. The third-order valence-corrected chi connectivity index (χ3v) is 5.18. The van der Waals surface area contributed by atoms with E-state index in [-0.39, 0.29) is 22.1 Å². The first-order valence-corrected chi connectivity index (χ1v) is 9.09. The van der Waals surface area contributed by atoms with Gasteiger partial charge >= 0.3 is 0 Å². The molecule has 0 saturated carbocycles. The zero-order chi connectivity index (χ0) is 17.5. The van der Waals surface area contributed by atoms with Gasteiger partial charge in [0.05, 0.1) is 4.90 Å². The summed E-state index contributed by atoms with van der Waals surface area (Å²) in [5.74, 6) is -0.411. The van der Waals surface area contributed by atoms with Crippen molar-refractivity contribution >= 4 is 15.6 Å². The summed E-state index contributed by atoms with van der Waals surface area (Å²) in [5.41, 5.74) is 1.09. The van der Waals surface area contributed by atoms with Gasteiger partial charge < -0.3 is 5.10 Å². The molecule has 0 amide bonds. The van der Waals surface area contributed by atoms with Gasteiger partial charge in [0.2, 0.25) is 0 Å². The van der Waals surface area contributed by atoms with E-state index in [1.165, 1.54) is 23.0 Å². The van der Waals surface area contributed by atoms with E-state index in [2.05, 4.69) is 5.10 Å². The summed E-state index contributed by atoms with van der Waals surface area (Å²) in [5, 5.41) is 2.78. The first-order valence-electron chi connectivity index (χ1n) is 7.20. The molecule has 23 heavy (non-hydrogen) atoms. The van der Waals surface area contributed by atoms with Crippen LogP contribution in [0.2, 0.25) is 0 Å². The van der Waals surface area contributed by atoms with E-state index in [4.69, 9.17) is 0 Å². The van der Waals surface area contributed by atoms with Gasteiger partial charge in [0.25, 0.3) is 5.56 Å². The Morgan fingerprint density at radius 2 is 1.74 bits per heavy atom. The van der Waals surface area contributed by atoms with Crippen LogP contribution in [0.4, 0.5) is 0 Å². The van der Waals surface area contributed by atoms with Crippen molar-refractivity contribution in [1.82, 2.24) is 9.78 Å². The number of hydrogen-bond acceptors (Lipinski definition) is 4. The molecule has 0 unspecified atom stereocenters. The predicted molar refractivity (Wildman–Crippen MR) is 87.9 cm³/mol. The van der Waals surface area contributed by atoms with Gasteiger partial charge in [-0.15, -0.1) is 0 Å². The molecule has 1 aromatic heterocycles. The maximum Gasteiger partial charge on any atom is 0.277 e.